The van der Waals surface area contributed by atoms with E-state index in [1.165, 1.54) is 4.88 Å². The third-order valence-electron chi connectivity index (χ3n) is 4.42. The highest BCUT2D eigenvalue weighted by molar-refractivity contribution is 7.11. The Kier molecular flexibility index (Phi) is 5.14. The molecule has 2 aromatic rings. The predicted octanol–water partition coefficient (Wildman–Crippen LogP) is 3.03. The van der Waals surface area contributed by atoms with Crippen LogP contribution in [0, 0.1) is 12.7 Å². The average Bonchev–Trinajstić information content (AvgIpc) is 3.26. The van der Waals surface area contributed by atoms with Gasteiger partial charge in [-0.15, -0.1) is 11.3 Å². The van der Waals surface area contributed by atoms with Gasteiger partial charge >= 0.3 is 0 Å². The molecule has 128 valence electrons. The van der Waals surface area contributed by atoms with Crippen LogP contribution in [0.2, 0.25) is 0 Å². The highest BCUT2D eigenvalue weighted by atomic mass is 32.1. The highest BCUT2D eigenvalue weighted by Gasteiger charge is 2.45. The fourth-order valence-electron chi connectivity index (χ4n) is 2.86. The van der Waals surface area contributed by atoms with Crippen molar-refractivity contribution >= 4 is 17.3 Å². The Morgan fingerprint density at radius 1 is 1.33 bits per heavy atom. The maximum atomic E-state index is 14.0. The van der Waals surface area contributed by atoms with Gasteiger partial charge in [-0.3, -0.25) is 4.99 Å². The Hall–Kier alpha value is -1.95. The van der Waals surface area contributed by atoms with Crippen LogP contribution >= 0.6 is 11.3 Å². The number of rotatable bonds is 6. The Morgan fingerprint density at radius 2 is 2.12 bits per heavy atom. The van der Waals surface area contributed by atoms with Crippen molar-refractivity contribution in [2.75, 3.05) is 20.1 Å². The van der Waals surface area contributed by atoms with Crippen LogP contribution in [0.25, 0.3) is 0 Å². The van der Waals surface area contributed by atoms with E-state index in [9.17, 15) is 4.39 Å². The number of hydrogen-bond donors (Lipinski definition) is 2. The normalized spacial score (nSPS) is 16.0. The summed E-state index contributed by atoms with van der Waals surface area (Å²) < 4.78 is 14.0. The first kappa shape index (κ1) is 16.9. The first-order valence-corrected chi connectivity index (χ1v) is 9.05. The maximum absolute atomic E-state index is 14.0. The van der Waals surface area contributed by atoms with Gasteiger partial charge in [-0.2, -0.15) is 0 Å². The number of guanidine groups is 1. The average molecular weight is 346 g/mol. The Labute approximate surface area is 146 Å². The molecule has 3 rings (SSSR count). The Morgan fingerprint density at radius 3 is 2.75 bits per heavy atom. The summed E-state index contributed by atoms with van der Waals surface area (Å²) in [6, 6.07) is 7.08. The van der Waals surface area contributed by atoms with E-state index >= 15 is 0 Å². The number of thiazole rings is 1. The van der Waals surface area contributed by atoms with Crippen molar-refractivity contribution in [2.45, 2.75) is 31.6 Å². The second-order valence-corrected chi connectivity index (χ2v) is 7.55. The molecule has 0 aliphatic heterocycles. The van der Waals surface area contributed by atoms with Crippen LogP contribution in [0.15, 0.2) is 35.5 Å². The molecule has 1 aliphatic carbocycles. The Bertz CT molecular complexity index is 721. The van der Waals surface area contributed by atoms with Crippen LogP contribution in [0.3, 0.4) is 0 Å². The van der Waals surface area contributed by atoms with Crippen molar-refractivity contribution in [1.82, 2.24) is 15.6 Å². The van der Waals surface area contributed by atoms with Crippen molar-refractivity contribution in [3.63, 3.8) is 0 Å². The molecule has 0 atom stereocenters. The fourth-order valence-corrected chi connectivity index (χ4v) is 3.65. The summed E-state index contributed by atoms with van der Waals surface area (Å²) >= 11 is 1.72. The lowest BCUT2D eigenvalue weighted by Crippen LogP contribution is -2.42. The number of aromatic nitrogens is 1. The topological polar surface area (TPSA) is 49.3 Å². The SMILES string of the molecule is CN=C(NCCc1ncc(C)s1)NCC1(c2ccccc2F)CC1. The van der Waals surface area contributed by atoms with E-state index in [0.29, 0.717) is 6.54 Å². The van der Waals surface area contributed by atoms with Crippen molar-refractivity contribution in [1.29, 1.82) is 0 Å². The smallest absolute Gasteiger partial charge is 0.191 e. The molecule has 2 N–H and O–H groups in total. The molecule has 1 aromatic carbocycles. The van der Waals surface area contributed by atoms with E-state index < -0.39 is 0 Å². The molecule has 1 aliphatic rings. The van der Waals surface area contributed by atoms with Gasteiger partial charge in [-0.25, -0.2) is 9.37 Å². The van der Waals surface area contributed by atoms with E-state index in [1.807, 2.05) is 18.3 Å². The van der Waals surface area contributed by atoms with Gasteiger partial charge in [-0.1, -0.05) is 18.2 Å². The summed E-state index contributed by atoms with van der Waals surface area (Å²) in [6.07, 6.45) is 4.79. The van der Waals surface area contributed by atoms with E-state index in [2.05, 4.69) is 27.5 Å². The van der Waals surface area contributed by atoms with Crippen molar-refractivity contribution in [2.24, 2.45) is 4.99 Å². The number of hydrogen-bond acceptors (Lipinski definition) is 3. The van der Waals surface area contributed by atoms with Crippen LogP contribution in [-0.2, 0) is 11.8 Å². The lowest BCUT2D eigenvalue weighted by molar-refractivity contribution is 0.559. The minimum absolute atomic E-state index is 0.0879. The van der Waals surface area contributed by atoms with Crippen molar-refractivity contribution in [3.8, 4) is 0 Å². The molecule has 0 saturated heterocycles. The molecular weight excluding hydrogens is 323 g/mol. The molecule has 24 heavy (non-hydrogen) atoms. The maximum Gasteiger partial charge on any atom is 0.191 e. The second-order valence-electron chi connectivity index (χ2n) is 6.23. The van der Waals surface area contributed by atoms with Gasteiger partial charge in [0.2, 0.25) is 0 Å². The number of halogens is 1. The minimum Gasteiger partial charge on any atom is -0.356 e. The first-order valence-electron chi connectivity index (χ1n) is 8.24. The van der Waals surface area contributed by atoms with Crippen LogP contribution in [0.1, 0.15) is 28.3 Å². The standard InChI is InChI=1S/C18H23FN4S/c1-13-11-22-16(24-13)7-10-21-17(20-2)23-12-18(8-9-18)14-5-3-4-6-15(14)19/h3-6,11H,7-10,12H2,1-2H3,(H2,20,21,23). The molecule has 1 heterocycles. The molecule has 0 amide bonds. The van der Waals surface area contributed by atoms with Gasteiger partial charge in [0.25, 0.3) is 0 Å². The molecule has 4 nitrogen and oxygen atoms in total. The highest BCUT2D eigenvalue weighted by Crippen LogP contribution is 2.48. The zero-order valence-corrected chi connectivity index (χ0v) is 14.9. The van der Waals surface area contributed by atoms with Gasteiger partial charge in [0, 0.05) is 43.0 Å². The summed E-state index contributed by atoms with van der Waals surface area (Å²) in [4.78, 5) is 9.84. The molecule has 0 radical (unpaired) electrons. The van der Waals surface area contributed by atoms with Gasteiger partial charge in [0.15, 0.2) is 5.96 Å². The van der Waals surface area contributed by atoms with Gasteiger partial charge in [0.1, 0.15) is 5.82 Å². The third-order valence-corrected chi connectivity index (χ3v) is 5.39. The van der Waals surface area contributed by atoms with Crippen LogP contribution in [0.4, 0.5) is 4.39 Å². The predicted molar refractivity (Wildman–Crippen MR) is 97.2 cm³/mol. The molecule has 0 spiro atoms. The van der Waals surface area contributed by atoms with Gasteiger partial charge in [0.05, 0.1) is 5.01 Å². The van der Waals surface area contributed by atoms with Crippen molar-refractivity contribution in [3.05, 3.63) is 51.7 Å². The molecular formula is C18H23FN4S. The molecule has 1 saturated carbocycles. The van der Waals surface area contributed by atoms with Crippen LogP contribution in [0.5, 0.6) is 0 Å². The lowest BCUT2D eigenvalue weighted by Gasteiger charge is -2.19. The van der Waals surface area contributed by atoms with Gasteiger partial charge in [-0.05, 0) is 31.4 Å². The first-order chi connectivity index (χ1) is 11.6. The molecule has 6 heteroatoms. The number of aryl methyl sites for hydroxylation is 1. The largest absolute Gasteiger partial charge is 0.356 e. The fraction of sp³-hybridized carbons (Fsp3) is 0.444. The lowest BCUT2D eigenvalue weighted by atomic mass is 9.95. The summed E-state index contributed by atoms with van der Waals surface area (Å²) in [5.41, 5.74) is 0.723. The Balaban J connectivity index is 1.50. The monoisotopic (exact) mass is 346 g/mol. The minimum atomic E-state index is -0.112. The zero-order valence-electron chi connectivity index (χ0n) is 14.1. The number of aliphatic imine (C=N–C) groups is 1. The molecule has 1 fully saturated rings. The molecule has 1 aromatic heterocycles. The zero-order chi connectivity index (χ0) is 17.0. The van der Waals surface area contributed by atoms with E-state index in [4.69, 9.17) is 0 Å². The van der Waals surface area contributed by atoms with E-state index in [1.54, 1.807) is 30.5 Å². The molecule has 0 unspecified atom stereocenters. The van der Waals surface area contributed by atoms with Crippen molar-refractivity contribution < 1.29 is 4.39 Å². The summed E-state index contributed by atoms with van der Waals surface area (Å²) in [5, 5.41) is 7.78. The summed E-state index contributed by atoms with van der Waals surface area (Å²) in [7, 11) is 1.76. The third kappa shape index (κ3) is 3.93. The quantitative estimate of drug-likeness (QED) is 0.624. The number of benzene rings is 1. The number of nitrogens with one attached hydrogen (secondary N) is 2. The second kappa shape index (κ2) is 7.30. The number of nitrogens with zero attached hydrogens (tertiary/aromatic N) is 2. The van der Waals surface area contributed by atoms with E-state index in [-0.39, 0.29) is 11.2 Å². The summed E-state index contributed by atoms with van der Waals surface area (Å²) in [6.45, 7) is 3.54. The van der Waals surface area contributed by atoms with Crippen LogP contribution < -0.4 is 10.6 Å². The van der Waals surface area contributed by atoms with Crippen LogP contribution in [-0.4, -0.2) is 31.1 Å². The molecule has 0 bridgehead atoms. The van der Waals surface area contributed by atoms with E-state index in [0.717, 1.165) is 42.3 Å². The van der Waals surface area contributed by atoms with Gasteiger partial charge < -0.3 is 10.6 Å². The summed E-state index contributed by atoms with van der Waals surface area (Å²) in [5.74, 6) is 0.643.